The molecule has 0 fully saturated rings. The number of phosphoric acid groups is 1. The molecule has 11 heteroatoms. The third-order valence-electron chi connectivity index (χ3n) is 8.33. The molecule has 1 unspecified atom stereocenters. The zero-order valence-electron chi connectivity index (χ0n) is 36.8. The van der Waals surface area contributed by atoms with Crippen molar-refractivity contribution in [2.75, 3.05) is 54.1 Å². The van der Waals surface area contributed by atoms with Gasteiger partial charge in [-0.15, -0.1) is 0 Å². The standard InChI is InChI=1S/C48H78NO9P/c1-5-6-7-8-9-10-11-12-13-15-18-21-24-27-30-33-36-39-47(51)55-44-46(45-57-59(53,54)56-43-41-49(2,3)4)58-48(52)40-37-34-31-28-25-22-19-16-14-17-20-23-26-29-32-35-38-42-50/h6-7,9-10,12-14,17-19,21-23,26-28,30-31,46,50H,5,8,11,15-16,20,24-25,29,32-45H2,1-4H3/b7-6-,10-9-,13-12-,17-14-,21-18-,22-19-,26-23-,30-27-,31-28-/t46-/m1/s1. The van der Waals surface area contributed by atoms with Crippen molar-refractivity contribution >= 4 is 19.8 Å². The highest BCUT2D eigenvalue weighted by molar-refractivity contribution is 7.45. The first-order valence-electron chi connectivity index (χ1n) is 21.7. The lowest BCUT2D eigenvalue weighted by molar-refractivity contribution is -0.870. The van der Waals surface area contributed by atoms with Crippen molar-refractivity contribution in [1.82, 2.24) is 0 Å². The van der Waals surface area contributed by atoms with Gasteiger partial charge in [0.05, 0.1) is 27.7 Å². The minimum Gasteiger partial charge on any atom is -0.756 e. The number of rotatable bonds is 38. The second-order valence-corrected chi connectivity index (χ2v) is 16.5. The highest BCUT2D eigenvalue weighted by Crippen LogP contribution is 2.38. The Kier molecular flexibility index (Phi) is 37.8. The number of carbonyl (C=O) groups excluding carboxylic acids is 2. The lowest BCUT2D eigenvalue weighted by atomic mass is 10.2. The van der Waals surface area contributed by atoms with E-state index in [1.165, 1.54) is 0 Å². The van der Waals surface area contributed by atoms with Crippen LogP contribution in [0.2, 0.25) is 0 Å². The van der Waals surface area contributed by atoms with Crippen LogP contribution in [0.4, 0.5) is 0 Å². The lowest BCUT2D eigenvalue weighted by Gasteiger charge is -2.28. The average Bonchev–Trinajstić information content (AvgIpc) is 3.19. The second-order valence-electron chi connectivity index (χ2n) is 15.0. The molecule has 0 heterocycles. The van der Waals surface area contributed by atoms with Crippen molar-refractivity contribution in [3.05, 3.63) is 109 Å². The van der Waals surface area contributed by atoms with Crippen molar-refractivity contribution in [3.63, 3.8) is 0 Å². The molecule has 0 rings (SSSR count). The number of phosphoric ester groups is 1. The molecule has 0 saturated heterocycles. The van der Waals surface area contributed by atoms with E-state index in [1.54, 1.807) is 0 Å². The summed E-state index contributed by atoms with van der Waals surface area (Å²) in [6, 6.07) is 0. The molecule has 0 aromatic rings. The van der Waals surface area contributed by atoms with Crippen LogP contribution in [0.1, 0.15) is 122 Å². The molecule has 10 nitrogen and oxygen atoms in total. The summed E-state index contributed by atoms with van der Waals surface area (Å²) in [5.41, 5.74) is 0. The zero-order chi connectivity index (χ0) is 43.6. The Balaban J connectivity index is 4.58. The lowest BCUT2D eigenvalue weighted by Crippen LogP contribution is -2.37. The van der Waals surface area contributed by atoms with E-state index in [0.717, 1.165) is 77.0 Å². The molecule has 2 atom stereocenters. The maximum absolute atomic E-state index is 12.7. The van der Waals surface area contributed by atoms with Crippen molar-refractivity contribution in [2.45, 2.75) is 129 Å². The fraction of sp³-hybridized carbons (Fsp3) is 0.583. The SMILES string of the molecule is CC/C=C\C/C=C\C/C=C\C/C=C\C/C=C\CCCC(=O)OC[C@H](COP(=O)([O-])OCC[N+](C)(C)C)OC(=O)CCC/C=C\C/C=C\C/C=C\C/C=C\CCCCCO. The van der Waals surface area contributed by atoms with E-state index in [9.17, 15) is 19.0 Å². The van der Waals surface area contributed by atoms with Gasteiger partial charge in [0, 0.05) is 19.4 Å². The molecule has 334 valence electrons. The summed E-state index contributed by atoms with van der Waals surface area (Å²) in [5.74, 6) is -0.997. The Morgan fingerprint density at radius 1 is 0.576 bits per heavy atom. The van der Waals surface area contributed by atoms with Crippen LogP contribution in [0.5, 0.6) is 0 Å². The number of hydrogen-bond acceptors (Lipinski definition) is 9. The minimum absolute atomic E-state index is 0.0615. The number of carbonyl (C=O) groups is 2. The predicted octanol–water partition coefficient (Wildman–Crippen LogP) is 10.7. The largest absolute Gasteiger partial charge is 0.756 e. The minimum atomic E-state index is -4.67. The maximum atomic E-state index is 12.7. The Morgan fingerprint density at radius 2 is 1.00 bits per heavy atom. The summed E-state index contributed by atoms with van der Waals surface area (Å²) in [6.07, 6.45) is 51.5. The van der Waals surface area contributed by atoms with Crippen molar-refractivity contribution in [3.8, 4) is 0 Å². The number of esters is 2. The Bertz CT molecular complexity index is 1370. The van der Waals surface area contributed by atoms with Crippen LogP contribution in [0, 0.1) is 0 Å². The van der Waals surface area contributed by atoms with Gasteiger partial charge in [-0.3, -0.25) is 14.2 Å². The topological polar surface area (TPSA) is 131 Å². The van der Waals surface area contributed by atoms with Gasteiger partial charge in [0.2, 0.25) is 0 Å². The summed E-state index contributed by atoms with van der Waals surface area (Å²) >= 11 is 0. The molecule has 0 bridgehead atoms. The number of unbranched alkanes of at least 4 members (excludes halogenated alkanes) is 5. The number of nitrogens with zero attached hydrogens (tertiary/aromatic N) is 1. The number of allylic oxidation sites excluding steroid dienone is 18. The molecule has 0 aromatic heterocycles. The van der Waals surface area contributed by atoms with Gasteiger partial charge in [-0.1, -0.05) is 123 Å². The molecule has 0 radical (unpaired) electrons. The van der Waals surface area contributed by atoms with E-state index in [1.807, 2.05) is 39.4 Å². The van der Waals surface area contributed by atoms with Gasteiger partial charge >= 0.3 is 11.9 Å². The number of ether oxygens (including phenoxy) is 2. The first kappa shape index (κ1) is 55.6. The Morgan fingerprint density at radius 3 is 1.44 bits per heavy atom. The fourth-order valence-electron chi connectivity index (χ4n) is 4.95. The molecular weight excluding hydrogens is 765 g/mol. The Hall–Kier alpha value is -3.37. The van der Waals surface area contributed by atoms with Crippen molar-refractivity contribution < 1.29 is 47.2 Å². The van der Waals surface area contributed by atoms with Gasteiger partial charge in [-0.2, -0.15) is 0 Å². The molecule has 0 aliphatic heterocycles. The van der Waals surface area contributed by atoms with E-state index in [2.05, 4.69) is 98.1 Å². The van der Waals surface area contributed by atoms with E-state index in [4.69, 9.17) is 23.6 Å². The first-order chi connectivity index (χ1) is 28.5. The monoisotopic (exact) mass is 844 g/mol. The van der Waals surface area contributed by atoms with E-state index in [0.29, 0.717) is 36.7 Å². The molecular formula is C48H78NO9P. The van der Waals surface area contributed by atoms with Crippen LogP contribution in [0.15, 0.2) is 109 Å². The first-order valence-corrected chi connectivity index (χ1v) is 23.2. The molecule has 59 heavy (non-hydrogen) atoms. The highest BCUT2D eigenvalue weighted by atomic mass is 31.2. The molecule has 1 N–H and O–H groups in total. The van der Waals surface area contributed by atoms with E-state index >= 15 is 0 Å². The van der Waals surface area contributed by atoms with Crippen LogP contribution in [-0.4, -0.2) is 81.7 Å². The third-order valence-corrected chi connectivity index (χ3v) is 9.30. The summed E-state index contributed by atoms with van der Waals surface area (Å²) in [4.78, 5) is 37.5. The average molecular weight is 844 g/mol. The van der Waals surface area contributed by atoms with Crippen LogP contribution in [0.25, 0.3) is 0 Å². The second kappa shape index (κ2) is 40.1. The number of aliphatic hydroxyl groups excluding tert-OH is 1. The molecule has 0 aliphatic rings. The van der Waals surface area contributed by atoms with Gasteiger partial charge in [-0.05, 0) is 96.3 Å². The summed E-state index contributed by atoms with van der Waals surface area (Å²) in [5, 5.41) is 8.80. The predicted molar refractivity (Wildman–Crippen MR) is 241 cm³/mol. The fourth-order valence-corrected chi connectivity index (χ4v) is 5.68. The van der Waals surface area contributed by atoms with Gasteiger partial charge in [0.25, 0.3) is 7.82 Å². The molecule has 0 spiro atoms. The quantitative estimate of drug-likeness (QED) is 0.0212. The van der Waals surface area contributed by atoms with E-state index < -0.39 is 32.5 Å². The van der Waals surface area contributed by atoms with Crippen molar-refractivity contribution in [1.29, 1.82) is 0 Å². The van der Waals surface area contributed by atoms with Gasteiger partial charge in [0.15, 0.2) is 6.10 Å². The van der Waals surface area contributed by atoms with Crippen LogP contribution in [0.3, 0.4) is 0 Å². The smallest absolute Gasteiger partial charge is 0.306 e. The summed E-state index contributed by atoms with van der Waals surface area (Å²) < 4.78 is 33.7. The van der Waals surface area contributed by atoms with Crippen LogP contribution < -0.4 is 4.89 Å². The van der Waals surface area contributed by atoms with Gasteiger partial charge in [0.1, 0.15) is 19.8 Å². The molecule has 0 aromatic carbocycles. The zero-order valence-corrected chi connectivity index (χ0v) is 37.7. The van der Waals surface area contributed by atoms with Crippen molar-refractivity contribution in [2.24, 2.45) is 0 Å². The van der Waals surface area contributed by atoms with Crippen LogP contribution in [-0.2, 0) is 32.7 Å². The Labute approximate surface area is 358 Å². The molecule has 0 amide bonds. The van der Waals surface area contributed by atoms with E-state index in [-0.39, 0.29) is 32.7 Å². The highest BCUT2D eigenvalue weighted by Gasteiger charge is 2.21. The number of quaternary nitrogens is 1. The number of hydrogen-bond donors (Lipinski definition) is 1. The van der Waals surface area contributed by atoms with Gasteiger partial charge < -0.3 is 33.0 Å². The maximum Gasteiger partial charge on any atom is 0.306 e. The number of aliphatic hydroxyl groups is 1. The van der Waals surface area contributed by atoms with Crippen LogP contribution >= 0.6 is 7.82 Å². The molecule has 0 saturated carbocycles. The normalized spacial score (nSPS) is 14.6. The third kappa shape index (κ3) is 44.0. The van der Waals surface area contributed by atoms with Gasteiger partial charge in [-0.25, -0.2) is 0 Å². The summed E-state index contributed by atoms with van der Waals surface area (Å²) in [7, 11) is 1.06. The number of likely N-dealkylation sites (N-methyl/N-ethyl adjacent to an activating group) is 1. The summed E-state index contributed by atoms with van der Waals surface area (Å²) in [6.45, 7) is 1.94. The molecule has 0 aliphatic carbocycles.